The number of halogens is 1. The Bertz CT molecular complexity index is 609. The SMILES string of the molecule is Cc1ccc(S(=O)(=O)N2CCN(C(=O)[C@@H](C)N)CC2)cc1.Cl. The van der Waals surface area contributed by atoms with E-state index in [9.17, 15) is 13.2 Å². The lowest BCUT2D eigenvalue weighted by Gasteiger charge is -2.34. The molecule has 1 aromatic rings. The summed E-state index contributed by atoms with van der Waals surface area (Å²) in [5.74, 6) is -0.137. The third kappa shape index (κ3) is 3.98. The lowest BCUT2D eigenvalue weighted by molar-refractivity contribution is -0.133. The molecule has 1 aromatic carbocycles. The van der Waals surface area contributed by atoms with Gasteiger partial charge in [-0.3, -0.25) is 4.79 Å². The number of amides is 1. The van der Waals surface area contributed by atoms with E-state index >= 15 is 0 Å². The molecule has 0 aliphatic carbocycles. The average Bonchev–Trinajstić information content (AvgIpc) is 2.47. The van der Waals surface area contributed by atoms with Crippen LogP contribution < -0.4 is 5.73 Å². The number of aryl methyl sites for hydroxylation is 1. The summed E-state index contributed by atoms with van der Waals surface area (Å²) in [5, 5.41) is 0. The highest BCUT2D eigenvalue weighted by Crippen LogP contribution is 2.18. The fourth-order valence-corrected chi connectivity index (χ4v) is 3.72. The quantitative estimate of drug-likeness (QED) is 0.867. The Labute approximate surface area is 137 Å². The molecule has 1 fully saturated rings. The van der Waals surface area contributed by atoms with Gasteiger partial charge in [-0.1, -0.05) is 17.7 Å². The van der Waals surface area contributed by atoms with Gasteiger partial charge in [0.15, 0.2) is 0 Å². The molecule has 2 N–H and O–H groups in total. The Balaban J connectivity index is 0.00000242. The first kappa shape index (κ1) is 18.9. The van der Waals surface area contributed by atoms with Crippen LogP contribution >= 0.6 is 12.4 Å². The topological polar surface area (TPSA) is 83.7 Å². The van der Waals surface area contributed by atoms with E-state index < -0.39 is 16.1 Å². The molecule has 1 heterocycles. The van der Waals surface area contributed by atoms with Crippen molar-refractivity contribution in [3.63, 3.8) is 0 Å². The molecule has 1 atom stereocenters. The lowest BCUT2D eigenvalue weighted by atomic mass is 10.2. The first-order valence-corrected chi connectivity index (χ1v) is 8.37. The minimum atomic E-state index is -3.48. The van der Waals surface area contributed by atoms with Gasteiger partial charge in [-0.2, -0.15) is 4.31 Å². The molecule has 2 rings (SSSR count). The van der Waals surface area contributed by atoms with Crippen molar-refractivity contribution in [1.82, 2.24) is 9.21 Å². The highest BCUT2D eigenvalue weighted by atomic mass is 35.5. The van der Waals surface area contributed by atoms with Crippen LogP contribution in [0.4, 0.5) is 0 Å². The number of hydrogen-bond donors (Lipinski definition) is 1. The largest absolute Gasteiger partial charge is 0.339 e. The standard InChI is InChI=1S/C14H21N3O3S.ClH/c1-11-3-5-13(6-4-11)21(19,20)17-9-7-16(8-10-17)14(18)12(2)15;/h3-6,12H,7-10,15H2,1-2H3;1H/t12-;/m1./s1. The number of carbonyl (C=O) groups excluding carboxylic acids is 1. The molecule has 124 valence electrons. The molecular weight excluding hydrogens is 326 g/mol. The summed E-state index contributed by atoms with van der Waals surface area (Å²) >= 11 is 0. The zero-order chi connectivity index (χ0) is 15.6. The molecule has 8 heteroatoms. The molecular formula is C14H22ClN3O3S. The van der Waals surface area contributed by atoms with Gasteiger partial charge in [-0.15, -0.1) is 12.4 Å². The third-order valence-electron chi connectivity index (χ3n) is 3.60. The van der Waals surface area contributed by atoms with Crippen LogP contribution in [0.5, 0.6) is 0 Å². The smallest absolute Gasteiger partial charge is 0.243 e. The van der Waals surface area contributed by atoms with Gasteiger partial charge in [0.25, 0.3) is 0 Å². The average molecular weight is 348 g/mol. The molecule has 0 unspecified atom stereocenters. The molecule has 0 saturated carbocycles. The Hall–Kier alpha value is -1.15. The Morgan fingerprint density at radius 2 is 1.64 bits per heavy atom. The molecule has 0 spiro atoms. The van der Waals surface area contributed by atoms with Crippen LogP contribution in [-0.4, -0.2) is 55.8 Å². The second-order valence-corrected chi connectivity index (χ2v) is 7.27. The predicted molar refractivity (Wildman–Crippen MR) is 87.4 cm³/mol. The second kappa shape index (κ2) is 7.41. The van der Waals surface area contributed by atoms with Crippen molar-refractivity contribution in [2.24, 2.45) is 5.73 Å². The van der Waals surface area contributed by atoms with Crippen molar-refractivity contribution >= 4 is 28.3 Å². The second-order valence-electron chi connectivity index (χ2n) is 5.33. The molecule has 22 heavy (non-hydrogen) atoms. The van der Waals surface area contributed by atoms with E-state index in [1.165, 1.54) is 4.31 Å². The summed E-state index contributed by atoms with van der Waals surface area (Å²) in [7, 11) is -3.48. The van der Waals surface area contributed by atoms with Crippen LogP contribution in [0.15, 0.2) is 29.2 Å². The fraction of sp³-hybridized carbons (Fsp3) is 0.500. The summed E-state index contributed by atoms with van der Waals surface area (Å²) in [4.78, 5) is 13.7. The molecule has 0 radical (unpaired) electrons. The number of piperazine rings is 1. The van der Waals surface area contributed by atoms with Crippen molar-refractivity contribution in [2.75, 3.05) is 26.2 Å². The Morgan fingerprint density at radius 1 is 1.14 bits per heavy atom. The van der Waals surface area contributed by atoms with E-state index in [0.717, 1.165) is 5.56 Å². The monoisotopic (exact) mass is 347 g/mol. The number of nitrogens with two attached hydrogens (primary N) is 1. The molecule has 1 aliphatic rings. The highest BCUT2D eigenvalue weighted by Gasteiger charge is 2.30. The highest BCUT2D eigenvalue weighted by molar-refractivity contribution is 7.89. The summed E-state index contributed by atoms with van der Waals surface area (Å²) in [6, 6.07) is 6.24. The van der Waals surface area contributed by atoms with Gasteiger partial charge in [0.2, 0.25) is 15.9 Å². The van der Waals surface area contributed by atoms with E-state index in [1.807, 2.05) is 6.92 Å². The van der Waals surface area contributed by atoms with Crippen LogP contribution in [0.3, 0.4) is 0 Å². The molecule has 0 bridgehead atoms. The lowest BCUT2D eigenvalue weighted by Crippen LogP contribution is -2.53. The van der Waals surface area contributed by atoms with Crippen LogP contribution in [-0.2, 0) is 14.8 Å². The van der Waals surface area contributed by atoms with Crippen molar-refractivity contribution in [2.45, 2.75) is 24.8 Å². The summed E-state index contributed by atoms with van der Waals surface area (Å²) in [6.45, 7) is 4.91. The Kier molecular flexibility index (Phi) is 6.37. The van der Waals surface area contributed by atoms with Gasteiger partial charge in [0.1, 0.15) is 0 Å². The third-order valence-corrected chi connectivity index (χ3v) is 5.51. The Morgan fingerprint density at radius 3 is 2.09 bits per heavy atom. The minimum Gasteiger partial charge on any atom is -0.339 e. The first-order valence-electron chi connectivity index (χ1n) is 6.93. The van der Waals surface area contributed by atoms with E-state index in [-0.39, 0.29) is 18.3 Å². The maximum atomic E-state index is 12.5. The van der Waals surface area contributed by atoms with Gasteiger partial charge in [-0.05, 0) is 26.0 Å². The zero-order valence-corrected chi connectivity index (χ0v) is 14.4. The maximum Gasteiger partial charge on any atom is 0.243 e. The van der Waals surface area contributed by atoms with Crippen LogP contribution in [0.2, 0.25) is 0 Å². The summed E-state index contributed by atoms with van der Waals surface area (Å²) in [5.41, 5.74) is 6.58. The number of carbonyl (C=O) groups is 1. The van der Waals surface area contributed by atoms with Crippen LogP contribution in [0, 0.1) is 6.92 Å². The molecule has 0 aromatic heterocycles. The zero-order valence-electron chi connectivity index (χ0n) is 12.7. The van der Waals surface area contributed by atoms with Crippen molar-refractivity contribution in [3.05, 3.63) is 29.8 Å². The van der Waals surface area contributed by atoms with Gasteiger partial charge in [0.05, 0.1) is 10.9 Å². The number of sulfonamides is 1. The van der Waals surface area contributed by atoms with E-state index in [0.29, 0.717) is 31.1 Å². The van der Waals surface area contributed by atoms with E-state index in [4.69, 9.17) is 5.73 Å². The number of rotatable bonds is 3. The maximum absolute atomic E-state index is 12.5. The minimum absolute atomic E-state index is 0. The van der Waals surface area contributed by atoms with Crippen LogP contribution in [0.25, 0.3) is 0 Å². The number of benzene rings is 1. The van der Waals surface area contributed by atoms with E-state index in [2.05, 4.69) is 0 Å². The summed E-state index contributed by atoms with van der Waals surface area (Å²) < 4.78 is 26.4. The molecule has 1 saturated heterocycles. The van der Waals surface area contributed by atoms with E-state index in [1.54, 1.807) is 36.1 Å². The van der Waals surface area contributed by atoms with Crippen LogP contribution in [0.1, 0.15) is 12.5 Å². The van der Waals surface area contributed by atoms with Gasteiger partial charge < -0.3 is 10.6 Å². The number of hydrogen-bond acceptors (Lipinski definition) is 4. The number of nitrogens with zero attached hydrogens (tertiary/aromatic N) is 2. The molecule has 1 aliphatic heterocycles. The van der Waals surface area contributed by atoms with Gasteiger partial charge in [-0.25, -0.2) is 8.42 Å². The van der Waals surface area contributed by atoms with Crippen molar-refractivity contribution < 1.29 is 13.2 Å². The van der Waals surface area contributed by atoms with Gasteiger partial charge >= 0.3 is 0 Å². The normalized spacial score (nSPS) is 17.7. The summed E-state index contributed by atoms with van der Waals surface area (Å²) in [6.07, 6.45) is 0. The molecule has 1 amide bonds. The van der Waals surface area contributed by atoms with Crippen molar-refractivity contribution in [1.29, 1.82) is 0 Å². The molecule has 6 nitrogen and oxygen atoms in total. The fourth-order valence-electron chi connectivity index (χ4n) is 2.30. The predicted octanol–water partition coefficient (Wildman–Crippen LogP) is 0.597. The van der Waals surface area contributed by atoms with Gasteiger partial charge in [0, 0.05) is 26.2 Å². The van der Waals surface area contributed by atoms with Crippen molar-refractivity contribution in [3.8, 4) is 0 Å². The first-order chi connectivity index (χ1) is 9.82.